The highest BCUT2D eigenvalue weighted by atomic mass is 32.1. The molecule has 0 atom stereocenters. The van der Waals surface area contributed by atoms with Crippen molar-refractivity contribution in [2.45, 2.75) is 0 Å². The summed E-state index contributed by atoms with van der Waals surface area (Å²) in [6, 6.07) is 8.06. The zero-order chi connectivity index (χ0) is 22.7. The molecule has 1 aliphatic heterocycles. The van der Waals surface area contributed by atoms with Crippen LogP contribution in [0.2, 0.25) is 0 Å². The standard InChI is InChI=1S/C20H23N6O4PS/c21-18(27)16-11-15-17(32-16)19(24-12-23-15)26-8-6-25(7-9-26)5-4-22-20(28)13-2-1-3-14(10-13)31(29)30/h1-3,10-12,29-30H,4-9H2,(H2,21,27)(H,22,28). The van der Waals surface area contributed by atoms with Gasteiger partial charge in [-0.2, -0.15) is 0 Å². The van der Waals surface area contributed by atoms with Crippen molar-refractivity contribution in [1.82, 2.24) is 20.2 Å². The third-order valence-corrected chi connectivity index (χ3v) is 7.13. The van der Waals surface area contributed by atoms with Gasteiger partial charge in [-0.25, -0.2) is 9.97 Å². The molecule has 12 heteroatoms. The third-order valence-electron chi connectivity index (χ3n) is 5.26. The van der Waals surface area contributed by atoms with E-state index < -0.39 is 14.3 Å². The molecule has 32 heavy (non-hydrogen) atoms. The van der Waals surface area contributed by atoms with Crippen LogP contribution in [0, 0.1) is 0 Å². The summed E-state index contributed by atoms with van der Waals surface area (Å²) in [6.07, 6.45) is 1.50. The molecule has 10 nitrogen and oxygen atoms in total. The summed E-state index contributed by atoms with van der Waals surface area (Å²) in [7, 11) is -2.22. The van der Waals surface area contributed by atoms with Crippen molar-refractivity contribution in [3.63, 3.8) is 0 Å². The highest BCUT2D eigenvalue weighted by Gasteiger charge is 2.22. The number of nitrogens with one attached hydrogen (secondary N) is 1. The first-order valence-electron chi connectivity index (χ1n) is 10.00. The van der Waals surface area contributed by atoms with Crippen LogP contribution >= 0.6 is 19.7 Å². The van der Waals surface area contributed by atoms with E-state index in [2.05, 4.69) is 25.1 Å². The van der Waals surface area contributed by atoms with Crippen LogP contribution in [0.15, 0.2) is 36.7 Å². The van der Waals surface area contributed by atoms with Crippen molar-refractivity contribution in [3.8, 4) is 0 Å². The Hall–Kier alpha value is -2.69. The predicted octanol–water partition coefficient (Wildman–Crippen LogP) is 0.264. The summed E-state index contributed by atoms with van der Waals surface area (Å²) in [6.45, 7) is 4.34. The van der Waals surface area contributed by atoms with Crippen LogP contribution < -0.4 is 21.3 Å². The first-order chi connectivity index (χ1) is 15.4. The highest BCUT2D eigenvalue weighted by Crippen LogP contribution is 2.31. The lowest BCUT2D eigenvalue weighted by molar-refractivity contribution is 0.0946. The topological polar surface area (TPSA) is 145 Å². The Morgan fingerprint density at radius 3 is 2.66 bits per heavy atom. The number of primary amides is 1. The molecule has 0 bridgehead atoms. The Balaban J connectivity index is 1.29. The number of nitrogens with two attached hydrogens (primary N) is 1. The van der Waals surface area contributed by atoms with Crippen LogP contribution in [0.1, 0.15) is 20.0 Å². The summed E-state index contributed by atoms with van der Waals surface area (Å²) in [5, 5.41) is 3.22. The van der Waals surface area contributed by atoms with Crippen molar-refractivity contribution < 1.29 is 19.4 Å². The summed E-state index contributed by atoms with van der Waals surface area (Å²) >= 11 is 1.31. The van der Waals surface area contributed by atoms with Gasteiger partial charge in [0.25, 0.3) is 11.8 Å². The molecule has 0 aliphatic carbocycles. The number of carbonyl (C=O) groups excluding carboxylic acids is 2. The number of carbonyl (C=O) groups is 2. The molecule has 1 aliphatic rings. The number of piperazine rings is 1. The number of aromatic nitrogens is 2. The molecular weight excluding hydrogens is 451 g/mol. The van der Waals surface area contributed by atoms with Crippen LogP contribution in [-0.4, -0.2) is 75.7 Å². The van der Waals surface area contributed by atoms with E-state index in [1.54, 1.807) is 24.3 Å². The molecule has 4 rings (SSSR count). The number of hydrogen-bond donors (Lipinski definition) is 4. The average Bonchev–Trinajstić information content (AvgIpc) is 3.24. The molecule has 1 saturated heterocycles. The second-order valence-corrected chi connectivity index (χ2v) is 9.46. The summed E-state index contributed by atoms with van der Waals surface area (Å²) in [5.74, 6) is 0.104. The lowest BCUT2D eigenvalue weighted by atomic mass is 10.2. The van der Waals surface area contributed by atoms with E-state index in [0.717, 1.165) is 42.2 Å². The Bertz CT molecular complexity index is 1130. The van der Waals surface area contributed by atoms with Gasteiger partial charge in [-0.15, -0.1) is 11.3 Å². The zero-order valence-electron chi connectivity index (χ0n) is 17.1. The Morgan fingerprint density at radius 2 is 1.94 bits per heavy atom. The normalized spacial score (nSPS) is 14.8. The molecule has 0 unspecified atom stereocenters. The maximum Gasteiger partial charge on any atom is 0.258 e. The molecule has 0 spiro atoms. The van der Waals surface area contributed by atoms with E-state index in [-0.39, 0.29) is 5.91 Å². The Morgan fingerprint density at radius 1 is 1.16 bits per heavy atom. The number of rotatable bonds is 7. The van der Waals surface area contributed by atoms with Crippen LogP contribution in [-0.2, 0) is 0 Å². The first kappa shape index (κ1) is 22.5. The molecule has 2 amide bonds. The van der Waals surface area contributed by atoms with Gasteiger partial charge in [-0.1, -0.05) is 6.07 Å². The lowest BCUT2D eigenvalue weighted by Gasteiger charge is -2.35. The second-order valence-electron chi connectivity index (χ2n) is 7.31. The lowest BCUT2D eigenvalue weighted by Crippen LogP contribution is -2.48. The quantitative estimate of drug-likeness (QED) is 0.357. The molecular formula is C20H23N6O4PS. The maximum absolute atomic E-state index is 12.3. The van der Waals surface area contributed by atoms with Crippen molar-refractivity contribution in [1.29, 1.82) is 0 Å². The minimum Gasteiger partial charge on any atom is -0.365 e. The van der Waals surface area contributed by atoms with Gasteiger partial charge in [0.2, 0.25) is 0 Å². The van der Waals surface area contributed by atoms with Crippen molar-refractivity contribution in [2.75, 3.05) is 44.2 Å². The van der Waals surface area contributed by atoms with Crippen LogP contribution in [0.25, 0.3) is 10.2 Å². The summed E-state index contributed by atoms with van der Waals surface area (Å²) in [4.78, 5) is 56.0. The Labute approximate surface area is 189 Å². The van der Waals surface area contributed by atoms with Crippen LogP contribution in [0.4, 0.5) is 5.82 Å². The molecule has 3 aromatic rings. The first-order valence-corrected chi connectivity index (χ1v) is 12.1. The van der Waals surface area contributed by atoms with Crippen molar-refractivity contribution in [2.24, 2.45) is 5.73 Å². The van der Waals surface area contributed by atoms with E-state index in [0.29, 0.717) is 28.8 Å². The Kier molecular flexibility index (Phi) is 6.92. The van der Waals surface area contributed by atoms with Crippen molar-refractivity contribution in [3.05, 3.63) is 47.1 Å². The highest BCUT2D eigenvalue weighted by molar-refractivity contribution is 7.54. The number of nitrogens with zero attached hydrogens (tertiary/aromatic N) is 4. The number of anilines is 1. The van der Waals surface area contributed by atoms with Gasteiger partial charge in [0.05, 0.1) is 15.1 Å². The molecule has 1 fully saturated rings. The minimum absolute atomic E-state index is 0.242. The number of thiophene rings is 1. The average molecular weight is 474 g/mol. The van der Waals surface area contributed by atoms with Crippen molar-refractivity contribution >= 4 is 52.9 Å². The smallest absolute Gasteiger partial charge is 0.258 e. The predicted molar refractivity (Wildman–Crippen MR) is 124 cm³/mol. The van der Waals surface area contributed by atoms with E-state index in [1.165, 1.54) is 23.7 Å². The molecule has 1 aromatic carbocycles. The number of benzene rings is 1. The zero-order valence-corrected chi connectivity index (χ0v) is 18.9. The fourth-order valence-corrected chi connectivity index (χ4v) is 5.03. The van der Waals surface area contributed by atoms with Gasteiger partial charge in [-0.3, -0.25) is 14.5 Å². The monoisotopic (exact) mass is 474 g/mol. The minimum atomic E-state index is -2.22. The van der Waals surface area contributed by atoms with E-state index >= 15 is 0 Å². The van der Waals surface area contributed by atoms with Gasteiger partial charge in [0.15, 0.2) is 8.38 Å². The van der Waals surface area contributed by atoms with E-state index in [9.17, 15) is 19.4 Å². The molecule has 2 aromatic heterocycles. The largest absolute Gasteiger partial charge is 0.365 e. The van der Waals surface area contributed by atoms with Gasteiger partial charge in [0.1, 0.15) is 12.1 Å². The maximum atomic E-state index is 12.3. The van der Waals surface area contributed by atoms with Crippen LogP contribution in [0.5, 0.6) is 0 Å². The fourth-order valence-electron chi connectivity index (χ4n) is 3.57. The third kappa shape index (κ3) is 5.03. The van der Waals surface area contributed by atoms with Gasteiger partial charge >= 0.3 is 0 Å². The van der Waals surface area contributed by atoms with Crippen LogP contribution in [0.3, 0.4) is 0 Å². The number of hydrogen-bond acceptors (Lipinski definition) is 9. The van der Waals surface area contributed by atoms with E-state index in [1.807, 2.05) is 0 Å². The summed E-state index contributed by atoms with van der Waals surface area (Å²) < 4.78 is 0.860. The summed E-state index contributed by atoms with van der Waals surface area (Å²) in [5.41, 5.74) is 6.53. The van der Waals surface area contributed by atoms with Gasteiger partial charge in [0, 0.05) is 50.1 Å². The molecule has 3 heterocycles. The number of fused-ring (bicyclic) bond motifs is 1. The molecule has 5 N–H and O–H groups in total. The van der Waals surface area contributed by atoms with E-state index in [4.69, 9.17) is 5.73 Å². The molecule has 0 saturated carbocycles. The van der Waals surface area contributed by atoms with Gasteiger partial charge < -0.3 is 25.7 Å². The second kappa shape index (κ2) is 9.85. The number of amides is 2. The van der Waals surface area contributed by atoms with Gasteiger partial charge in [-0.05, 0) is 24.3 Å². The molecule has 0 radical (unpaired) electrons. The SMILES string of the molecule is NC(=O)c1cc2ncnc(N3CCN(CCNC(=O)c4cccc(P(O)O)c4)CC3)c2s1. The molecule has 168 valence electrons. The fraction of sp³-hybridized carbons (Fsp3) is 0.300.